The maximum Gasteiger partial charge on any atom is 0.332 e. The molecule has 0 amide bonds. The quantitative estimate of drug-likeness (QED) is 0.398. The van der Waals surface area contributed by atoms with Gasteiger partial charge in [0.1, 0.15) is 17.2 Å². The van der Waals surface area contributed by atoms with Crippen LogP contribution in [0.25, 0.3) is 16.9 Å². The zero-order valence-corrected chi connectivity index (χ0v) is 15.8. The van der Waals surface area contributed by atoms with Crippen LogP contribution in [0.3, 0.4) is 0 Å². The van der Waals surface area contributed by atoms with E-state index in [0.29, 0.717) is 11.5 Å². The predicted molar refractivity (Wildman–Crippen MR) is 116 cm³/mol. The van der Waals surface area contributed by atoms with Gasteiger partial charge in [0.05, 0.1) is 6.08 Å². The summed E-state index contributed by atoms with van der Waals surface area (Å²) in [4.78, 5) is 11.3. The van der Waals surface area contributed by atoms with Gasteiger partial charge >= 0.3 is 5.97 Å². The molecule has 1 aliphatic heterocycles. The maximum absolute atomic E-state index is 11.3. The fourth-order valence-corrected chi connectivity index (χ4v) is 3.64. The zero-order valence-electron chi connectivity index (χ0n) is 15.8. The molecular formula is C25H16N2O3. The summed E-state index contributed by atoms with van der Waals surface area (Å²) < 4.78 is 5.77. The van der Waals surface area contributed by atoms with Gasteiger partial charge in [-0.1, -0.05) is 78.9 Å². The molecule has 0 unspecified atom stereocenters. The molecule has 0 spiro atoms. The van der Waals surface area contributed by atoms with Crippen LogP contribution in [0.15, 0.2) is 107 Å². The molecule has 1 heterocycles. The number of hydrogen-bond acceptors (Lipinski definition) is 4. The van der Waals surface area contributed by atoms with Gasteiger partial charge in [-0.05, 0) is 11.1 Å². The van der Waals surface area contributed by atoms with Gasteiger partial charge in [-0.15, -0.1) is 10.2 Å². The second-order valence-corrected chi connectivity index (χ2v) is 6.85. The van der Waals surface area contributed by atoms with E-state index in [-0.39, 0.29) is 5.76 Å². The van der Waals surface area contributed by atoms with E-state index in [0.717, 1.165) is 39.6 Å². The molecule has 1 N–H and O–H groups in total. The van der Waals surface area contributed by atoms with E-state index in [1.54, 1.807) is 6.08 Å². The third-order valence-electron chi connectivity index (χ3n) is 4.97. The highest BCUT2D eigenvalue weighted by Crippen LogP contribution is 2.37. The fourth-order valence-electron chi connectivity index (χ4n) is 3.64. The number of rotatable bonds is 3. The largest absolute Gasteiger partial charge is 0.478 e. The number of carbonyl (C=O) groups is 1. The fraction of sp³-hybridized carbons (Fsp3) is 0. The molecule has 3 aromatic rings. The summed E-state index contributed by atoms with van der Waals surface area (Å²) in [7, 11) is 0. The van der Waals surface area contributed by atoms with Crippen molar-refractivity contribution in [2.24, 2.45) is 10.2 Å². The third-order valence-corrected chi connectivity index (χ3v) is 4.97. The second-order valence-electron chi connectivity index (χ2n) is 6.85. The molecule has 144 valence electrons. The maximum atomic E-state index is 11.3. The van der Waals surface area contributed by atoms with Crippen LogP contribution in [0, 0.1) is 0 Å². The first-order valence-electron chi connectivity index (χ1n) is 9.45. The number of allylic oxidation sites excluding steroid dienone is 1. The van der Waals surface area contributed by atoms with Crippen molar-refractivity contribution in [2.75, 3.05) is 0 Å². The summed E-state index contributed by atoms with van der Waals surface area (Å²) in [5, 5.41) is 18.1. The van der Waals surface area contributed by atoms with Crippen LogP contribution >= 0.6 is 0 Å². The van der Waals surface area contributed by atoms with Gasteiger partial charge in [-0.3, -0.25) is 0 Å². The number of carboxylic acid groups (broad SMARTS) is 1. The van der Waals surface area contributed by atoms with E-state index in [4.69, 9.17) is 4.74 Å². The lowest BCUT2D eigenvalue weighted by Crippen LogP contribution is -2.01. The summed E-state index contributed by atoms with van der Waals surface area (Å²) in [6, 6.07) is 25.5. The van der Waals surface area contributed by atoms with Crippen molar-refractivity contribution in [2.45, 2.75) is 0 Å². The number of fused-ring (bicyclic) bond motifs is 3. The van der Waals surface area contributed by atoms with E-state index < -0.39 is 5.97 Å². The molecule has 30 heavy (non-hydrogen) atoms. The van der Waals surface area contributed by atoms with Gasteiger partial charge in [0.2, 0.25) is 0 Å². The summed E-state index contributed by atoms with van der Waals surface area (Å²) in [5.74, 6) is -0.413. The van der Waals surface area contributed by atoms with E-state index >= 15 is 0 Å². The van der Waals surface area contributed by atoms with E-state index in [1.807, 2.05) is 66.7 Å². The first kappa shape index (κ1) is 17.8. The molecular weight excluding hydrogens is 376 g/mol. The van der Waals surface area contributed by atoms with E-state index in [9.17, 15) is 9.90 Å². The normalized spacial score (nSPS) is 16.8. The molecule has 0 saturated carbocycles. The van der Waals surface area contributed by atoms with Crippen molar-refractivity contribution in [3.63, 3.8) is 0 Å². The van der Waals surface area contributed by atoms with Crippen LogP contribution < -0.4 is 0 Å². The first-order valence-corrected chi connectivity index (χ1v) is 9.45. The average Bonchev–Trinajstić information content (AvgIpc) is 3.31. The minimum Gasteiger partial charge on any atom is -0.478 e. The smallest absolute Gasteiger partial charge is 0.332 e. The number of aliphatic carboxylic acids is 1. The number of nitrogens with zero attached hydrogens (tertiary/aromatic N) is 2. The third kappa shape index (κ3) is 3.12. The number of carboxylic acids is 1. The molecule has 5 rings (SSSR count). The predicted octanol–water partition coefficient (Wildman–Crippen LogP) is 4.90. The Morgan fingerprint density at radius 3 is 1.93 bits per heavy atom. The lowest BCUT2D eigenvalue weighted by molar-refractivity contribution is -0.131. The van der Waals surface area contributed by atoms with Gasteiger partial charge in [0.15, 0.2) is 5.76 Å². The van der Waals surface area contributed by atoms with Crippen molar-refractivity contribution >= 4 is 23.2 Å². The Hall–Kier alpha value is -4.25. The lowest BCUT2D eigenvalue weighted by atomic mass is 10.1. The van der Waals surface area contributed by atoms with Gasteiger partial charge in [0, 0.05) is 22.8 Å². The Morgan fingerprint density at radius 1 is 0.767 bits per heavy atom. The van der Waals surface area contributed by atoms with Crippen molar-refractivity contribution in [1.82, 2.24) is 0 Å². The highest BCUT2D eigenvalue weighted by molar-refractivity contribution is 6.25. The Morgan fingerprint density at radius 2 is 1.33 bits per heavy atom. The first-order chi connectivity index (χ1) is 14.7. The molecule has 0 radical (unpaired) electrons. The minimum absolute atomic E-state index is 0.158. The van der Waals surface area contributed by atoms with Crippen LogP contribution in [-0.2, 0) is 9.53 Å². The molecule has 2 aliphatic rings. The topological polar surface area (TPSA) is 71.2 Å². The van der Waals surface area contributed by atoms with Gasteiger partial charge < -0.3 is 9.84 Å². The van der Waals surface area contributed by atoms with Gasteiger partial charge in [-0.25, -0.2) is 4.79 Å². The Labute approximate surface area is 173 Å². The Kier molecular flexibility index (Phi) is 4.33. The van der Waals surface area contributed by atoms with Crippen molar-refractivity contribution in [1.29, 1.82) is 0 Å². The van der Waals surface area contributed by atoms with Crippen molar-refractivity contribution in [3.05, 3.63) is 113 Å². The molecule has 5 heteroatoms. The summed E-state index contributed by atoms with van der Waals surface area (Å²) in [5.41, 5.74) is 6.17. The van der Waals surface area contributed by atoms with Gasteiger partial charge in [0.25, 0.3) is 0 Å². The Balaban J connectivity index is 1.62. The average molecular weight is 392 g/mol. The highest BCUT2D eigenvalue weighted by atomic mass is 16.5. The number of benzene rings is 3. The monoisotopic (exact) mass is 392 g/mol. The van der Waals surface area contributed by atoms with Gasteiger partial charge in [-0.2, -0.15) is 0 Å². The van der Waals surface area contributed by atoms with Crippen molar-refractivity contribution in [3.8, 4) is 11.1 Å². The van der Waals surface area contributed by atoms with Crippen LogP contribution in [0.2, 0.25) is 0 Å². The molecule has 5 nitrogen and oxygen atoms in total. The molecule has 3 aromatic carbocycles. The molecule has 0 bridgehead atoms. The van der Waals surface area contributed by atoms with E-state index in [2.05, 4.69) is 22.3 Å². The molecule has 0 aromatic heterocycles. The standard InChI is InChI=1S/C25H16N2O3/c28-24(29)15-23-21(14-22(30-23)16-8-2-1-3-9-16)26-27-25-19-12-6-4-10-17(19)18-11-5-7-13-20(18)25/h1-15H,(H,28,29). The molecule has 1 aliphatic carbocycles. The zero-order chi connectivity index (χ0) is 20.5. The Bertz CT molecular complexity index is 1240. The molecule has 0 saturated heterocycles. The van der Waals surface area contributed by atoms with Crippen LogP contribution in [-0.4, -0.2) is 22.5 Å². The van der Waals surface area contributed by atoms with Crippen LogP contribution in [0.1, 0.15) is 16.7 Å². The SMILES string of the molecule is O=C(O)C=C1OC(c2ccccc2)=CC1=NN=C1c2ccccc2-c2ccccc21. The summed E-state index contributed by atoms with van der Waals surface area (Å²) in [6.45, 7) is 0. The molecule has 0 fully saturated rings. The highest BCUT2D eigenvalue weighted by Gasteiger charge is 2.25. The second kappa shape index (κ2) is 7.29. The van der Waals surface area contributed by atoms with Crippen LogP contribution in [0.5, 0.6) is 0 Å². The van der Waals surface area contributed by atoms with Crippen molar-refractivity contribution < 1.29 is 14.6 Å². The number of hydrogen-bond donors (Lipinski definition) is 1. The number of ether oxygens (including phenoxy) is 1. The summed E-state index contributed by atoms with van der Waals surface area (Å²) in [6.07, 6.45) is 2.71. The van der Waals surface area contributed by atoms with E-state index in [1.165, 1.54) is 0 Å². The lowest BCUT2D eigenvalue weighted by Gasteiger charge is -2.03. The minimum atomic E-state index is -1.11. The molecule has 0 atom stereocenters. The van der Waals surface area contributed by atoms with Crippen LogP contribution in [0.4, 0.5) is 0 Å². The summed E-state index contributed by atoms with van der Waals surface area (Å²) >= 11 is 0.